The molecule has 2 aromatic carbocycles. The van der Waals surface area contributed by atoms with Gasteiger partial charge < -0.3 is 0 Å². The summed E-state index contributed by atoms with van der Waals surface area (Å²) < 4.78 is 3.88. The monoisotopic (exact) mass is 414 g/mol. The number of fused-ring (bicyclic) bond motifs is 7. The number of imidazole rings is 1. The number of rotatable bonds is 1. The Bertz CT molecular complexity index is 1830. The van der Waals surface area contributed by atoms with Crippen LogP contribution in [0.15, 0.2) is 48.5 Å². The van der Waals surface area contributed by atoms with Crippen molar-refractivity contribution in [2.24, 2.45) is 0 Å². The van der Waals surface area contributed by atoms with Gasteiger partial charge in [0.15, 0.2) is 28.3 Å². The lowest BCUT2D eigenvalue weighted by Crippen LogP contribution is -2.02. The average Bonchev–Trinajstić information content (AvgIpc) is 3.33. The van der Waals surface area contributed by atoms with Crippen LogP contribution < -0.4 is 0 Å². The number of para-hydroxylation sites is 2. The first kappa shape index (κ1) is 18.0. The predicted octanol–water partition coefficient (Wildman–Crippen LogP) is 4.13. The summed E-state index contributed by atoms with van der Waals surface area (Å²) in [6, 6.07) is 19.8. The van der Waals surface area contributed by atoms with E-state index in [-0.39, 0.29) is 11.4 Å². The van der Waals surface area contributed by atoms with Gasteiger partial charge in [-0.05, 0) is 43.7 Å². The minimum absolute atomic E-state index is 0.0156. The minimum Gasteiger partial charge on any atom is -0.280 e. The molecule has 32 heavy (non-hydrogen) atoms. The molecule has 0 saturated carbocycles. The summed E-state index contributed by atoms with van der Waals surface area (Å²) in [6.07, 6.45) is 0. The Morgan fingerprint density at radius 1 is 0.781 bits per heavy atom. The quantitative estimate of drug-likeness (QED) is 0.400. The Balaban J connectivity index is 1.92. The number of nitrogens with zero attached hydrogens (tertiary/aromatic N) is 8. The lowest BCUT2D eigenvalue weighted by molar-refractivity contribution is 1.00. The standard InChI is InChI=1S/C24H14N8/c1-13-6-5-7-15(10-13)32-22-20(21-24(32)30-18(12-26)17(11-25)28-21)23-29-16-8-3-4-9-19(16)31(23)14(2)27-22/h3-10H,1-2H3. The fourth-order valence-corrected chi connectivity index (χ4v) is 4.27. The number of hydrogen-bond donors (Lipinski definition) is 0. The highest BCUT2D eigenvalue weighted by Crippen LogP contribution is 2.34. The molecule has 0 unspecified atom stereocenters. The molecule has 8 heteroatoms. The van der Waals surface area contributed by atoms with E-state index in [2.05, 4.69) is 9.97 Å². The van der Waals surface area contributed by atoms with Crippen molar-refractivity contribution < 1.29 is 0 Å². The lowest BCUT2D eigenvalue weighted by Gasteiger charge is -2.08. The van der Waals surface area contributed by atoms with Gasteiger partial charge in [0.2, 0.25) is 0 Å². The summed E-state index contributed by atoms with van der Waals surface area (Å²) in [4.78, 5) is 18.9. The molecule has 0 N–H and O–H groups in total. The molecule has 0 fully saturated rings. The van der Waals surface area contributed by atoms with Crippen molar-refractivity contribution >= 4 is 38.9 Å². The van der Waals surface area contributed by atoms with E-state index in [1.807, 2.05) is 83.5 Å². The number of hydrogen-bond acceptors (Lipinski definition) is 6. The van der Waals surface area contributed by atoms with Gasteiger partial charge in [-0.25, -0.2) is 19.9 Å². The smallest absolute Gasteiger partial charge is 0.179 e. The van der Waals surface area contributed by atoms with E-state index in [0.717, 1.165) is 28.1 Å². The highest BCUT2D eigenvalue weighted by molar-refractivity contribution is 6.12. The maximum Gasteiger partial charge on any atom is 0.179 e. The van der Waals surface area contributed by atoms with Crippen molar-refractivity contribution in [2.45, 2.75) is 13.8 Å². The van der Waals surface area contributed by atoms with Gasteiger partial charge in [-0.15, -0.1) is 0 Å². The summed E-state index contributed by atoms with van der Waals surface area (Å²) in [5.74, 6) is 0.763. The van der Waals surface area contributed by atoms with E-state index >= 15 is 0 Å². The molecule has 4 aromatic heterocycles. The van der Waals surface area contributed by atoms with Crippen LogP contribution in [0.25, 0.3) is 44.6 Å². The molecule has 0 atom stereocenters. The fourth-order valence-electron chi connectivity index (χ4n) is 4.27. The molecule has 0 aliphatic heterocycles. The second kappa shape index (κ2) is 6.34. The first-order valence-corrected chi connectivity index (χ1v) is 9.98. The SMILES string of the molecule is Cc1cccc(-n2c3nc(C#N)c(C#N)nc3c3c2nc(C)n2c4ccccc4nc32)c1. The zero-order valence-electron chi connectivity index (χ0n) is 17.2. The molecule has 150 valence electrons. The van der Waals surface area contributed by atoms with E-state index in [4.69, 9.17) is 9.97 Å². The third-order valence-electron chi connectivity index (χ3n) is 5.61. The topological polar surface area (TPSA) is 108 Å². The zero-order chi connectivity index (χ0) is 22.0. The van der Waals surface area contributed by atoms with Gasteiger partial charge in [0, 0.05) is 5.69 Å². The zero-order valence-corrected chi connectivity index (χ0v) is 17.2. The van der Waals surface area contributed by atoms with Crippen molar-refractivity contribution in [3.8, 4) is 17.8 Å². The van der Waals surface area contributed by atoms with Gasteiger partial charge in [-0.3, -0.25) is 8.97 Å². The van der Waals surface area contributed by atoms with Crippen molar-refractivity contribution in [2.75, 3.05) is 0 Å². The van der Waals surface area contributed by atoms with Crippen LogP contribution >= 0.6 is 0 Å². The summed E-state index contributed by atoms with van der Waals surface area (Å²) in [5.41, 5.74) is 5.94. The van der Waals surface area contributed by atoms with E-state index in [1.165, 1.54) is 0 Å². The van der Waals surface area contributed by atoms with Crippen molar-refractivity contribution in [3.63, 3.8) is 0 Å². The van der Waals surface area contributed by atoms with Crippen LogP contribution in [0.3, 0.4) is 0 Å². The van der Waals surface area contributed by atoms with E-state index in [0.29, 0.717) is 27.8 Å². The number of aryl methyl sites for hydroxylation is 2. The molecule has 0 radical (unpaired) electrons. The maximum absolute atomic E-state index is 9.57. The third-order valence-corrected chi connectivity index (χ3v) is 5.61. The van der Waals surface area contributed by atoms with Gasteiger partial charge in [-0.2, -0.15) is 10.5 Å². The first-order chi connectivity index (χ1) is 15.6. The van der Waals surface area contributed by atoms with Crippen LogP contribution in [0.5, 0.6) is 0 Å². The van der Waals surface area contributed by atoms with Crippen LogP contribution in [-0.2, 0) is 0 Å². The molecular weight excluding hydrogens is 400 g/mol. The molecule has 4 heterocycles. The Hall–Kier alpha value is -4.82. The van der Waals surface area contributed by atoms with E-state index < -0.39 is 0 Å². The van der Waals surface area contributed by atoms with Crippen LogP contribution in [0.1, 0.15) is 22.8 Å². The Morgan fingerprint density at radius 3 is 2.34 bits per heavy atom. The van der Waals surface area contributed by atoms with Gasteiger partial charge >= 0.3 is 0 Å². The van der Waals surface area contributed by atoms with Crippen molar-refractivity contribution in [1.82, 2.24) is 28.9 Å². The molecule has 6 aromatic rings. The molecule has 0 amide bonds. The van der Waals surface area contributed by atoms with Crippen molar-refractivity contribution in [3.05, 3.63) is 71.3 Å². The van der Waals surface area contributed by atoms with Gasteiger partial charge in [-0.1, -0.05) is 24.3 Å². The molecular formula is C24H14N8. The second-order valence-corrected chi connectivity index (χ2v) is 7.61. The molecule has 8 nitrogen and oxygen atoms in total. The fraction of sp³-hybridized carbons (Fsp3) is 0.0833. The maximum atomic E-state index is 9.57. The van der Waals surface area contributed by atoms with Gasteiger partial charge in [0.1, 0.15) is 23.5 Å². The third kappa shape index (κ3) is 2.29. The lowest BCUT2D eigenvalue weighted by atomic mass is 10.2. The van der Waals surface area contributed by atoms with Crippen LogP contribution in [-0.4, -0.2) is 28.9 Å². The van der Waals surface area contributed by atoms with Crippen LogP contribution in [0.4, 0.5) is 0 Å². The van der Waals surface area contributed by atoms with Crippen molar-refractivity contribution in [1.29, 1.82) is 10.5 Å². The predicted molar refractivity (Wildman–Crippen MR) is 119 cm³/mol. The Morgan fingerprint density at radius 2 is 1.56 bits per heavy atom. The molecule has 0 aliphatic rings. The molecule has 0 spiro atoms. The number of benzene rings is 2. The first-order valence-electron chi connectivity index (χ1n) is 9.98. The normalized spacial score (nSPS) is 11.4. The summed E-state index contributed by atoms with van der Waals surface area (Å²) >= 11 is 0. The molecule has 0 saturated heterocycles. The van der Waals surface area contributed by atoms with Gasteiger partial charge in [0.25, 0.3) is 0 Å². The van der Waals surface area contributed by atoms with E-state index in [9.17, 15) is 10.5 Å². The average molecular weight is 414 g/mol. The van der Waals surface area contributed by atoms with Gasteiger partial charge in [0.05, 0.1) is 16.4 Å². The highest BCUT2D eigenvalue weighted by Gasteiger charge is 2.24. The summed E-state index contributed by atoms with van der Waals surface area (Å²) in [7, 11) is 0. The Labute approximate surface area is 181 Å². The summed E-state index contributed by atoms with van der Waals surface area (Å²) in [5, 5.41) is 19.8. The van der Waals surface area contributed by atoms with Crippen LogP contribution in [0, 0.1) is 36.5 Å². The Kier molecular flexibility index (Phi) is 3.56. The summed E-state index contributed by atoms with van der Waals surface area (Å²) in [6.45, 7) is 3.94. The van der Waals surface area contributed by atoms with Crippen LogP contribution in [0.2, 0.25) is 0 Å². The molecule has 0 aliphatic carbocycles. The molecule has 6 rings (SSSR count). The number of aromatic nitrogens is 6. The number of nitriles is 2. The second-order valence-electron chi connectivity index (χ2n) is 7.61. The largest absolute Gasteiger partial charge is 0.280 e. The minimum atomic E-state index is -0.0158. The van der Waals surface area contributed by atoms with E-state index in [1.54, 1.807) is 0 Å². The molecule has 0 bridgehead atoms. The highest BCUT2D eigenvalue weighted by atomic mass is 15.2.